The van der Waals surface area contributed by atoms with E-state index in [2.05, 4.69) is 147 Å². The Hall–Kier alpha value is -3.72. The van der Waals surface area contributed by atoms with E-state index in [9.17, 15) is 15.3 Å². The zero-order chi connectivity index (χ0) is 51.8. The predicted molar refractivity (Wildman–Crippen MR) is 296 cm³/mol. The topological polar surface area (TPSA) is 87.4 Å². The summed E-state index contributed by atoms with van der Waals surface area (Å²) >= 11 is 0. The number of phenolic OH excluding ortho intramolecular Hbond substituents is 2. The smallest absolute Gasteiger partial charge is 0.130 e. The summed E-state index contributed by atoms with van der Waals surface area (Å²) in [6.45, 7) is 30.0. The molecule has 2 heterocycles. The van der Waals surface area contributed by atoms with Gasteiger partial charge in [0.15, 0.2) is 0 Å². The molecule has 0 radical (unpaired) electrons. The van der Waals surface area contributed by atoms with Crippen LogP contribution in [0.1, 0.15) is 164 Å². The molecule has 394 valence electrons. The van der Waals surface area contributed by atoms with Crippen molar-refractivity contribution < 1.29 is 67.3 Å². The van der Waals surface area contributed by atoms with Crippen molar-refractivity contribution in [2.45, 2.75) is 174 Å². The number of hydrogen-bond donors (Lipinski definition) is 4. The molecule has 2 aliphatic rings. The number of phenols is 2. The van der Waals surface area contributed by atoms with Crippen LogP contribution in [0.15, 0.2) is 146 Å². The fraction of sp³-hybridized carbons (Fsp3) is 0.446. The van der Waals surface area contributed by atoms with Gasteiger partial charge in [-0.25, -0.2) is 0 Å². The van der Waals surface area contributed by atoms with Crippen LogP contribution < -0.4 is 0 Å². The van der Waals surface area contributed by atoms with Crippen LogP contribution in [-0.2, 0) is 53.4 Å². The maximum atomic E-state index is 12.4. The average molecular weight is 1130 g/mol. The van der Waals surface area contributed by atoms with E-state index in [1.54, 1.807) is 0 Å². The van der Waals surface area contributed by atoms with E-state index in [1.807, 2.05) is 91.0 Å². The Balaban J connectivity index is 0.000000232. The van der Waals surface area contributed by atoms with Crippen molar-refractivity contribution in [3.8, 4) is 11.5 Å². The van der Waals surface area contributed by atoms with Crippen molar-refractivity contribution >= 4 is 0 Å². The average Bonchev–Trinajstić information content (AvgIpc) is 3.99. The van der Waals surface area contributed by atoms with Crippen molar-refractivity contribution in [1.29, 1.82) is 0 Å². The summed E-state index contributed by atoms with van der Waals surface area (Å²) in [7, 11) is 0. The quantitative estimate of drug-likeness (QED) is 0.109. The Bertz CT molecular complexity index is 2550. The number of aliphatic hydroxyl groups is 2. The van der Waals surface area contributed by atoms with E-state index in [0.29, 0.717) is 24.1 Å². The van der Waals surface area contributed by atoms with Crippen molar-refractivity contribution in [1.82, 2.24) is 9.80 Å². The van der Waals surface area contributed by atoms with Gasteiger partial charge in [0.05, 0.1) is 6.61 Å². The number of hydrogen-bond acceptors (Lipinski definition) is 6. The number of aromatic hydroxyl groups is 2. The first-order valence-electron chi connectivity index (χ1n) is 26.1. The SMILES string of the molecule is CC(C)(C)c1cc(CN2CCC[C@H]2C(O)(c2ccccc2)c2ccccc2)c(O)c(C(C)(C)C)c1.CC(C)(C)c1cc(CN2CCC[C@H]2Cc2ccccc2)c(O)c(C(C)(C)C)c1.OCc1ccccc1.[Yb]. The minimum Gasteiger partial charge on any atom is -0.507 e. The van der Waals surface area contributed by atoms with Gasteiger partial charge in [0.25, 0.3) is 0 Å². The van der Waals surface area contributed by atoms with Gasteiger partial charge in [-0.2, -0.15) is 0 Å². The third-order valence-corrected chi connectivity index (χ3v) is 14.6. The van der Waals surface area contributed by atoms with E-state index in [4.69, 9.17) is 5.11 Å². The monoisotopic (exact) mass is 1130 g/mol. The number of benzene rings is 6. The molecule has 2 saturated heterocycles. The Morgan fingerprint density at radius 2 is 0.833 bits per heavy atom. The van der Waals surface area contributed by atoms with Crippen molar-refractivity contribution in [2.24, 2.45) is 0 Å². The first-order chi connectivity index (χ1) is 33.4. The van der Waals surface area contributed by atoms with E-state index in [-0.39, 0.29) is 81.2 Å². The Morgan fingerprint density at radius 3 is 1.22 bits per heavy atom. The Labute approximate surface area is 473 Å². The maximum Gasteiger partial charge on any atom is 0.130 e. The number of likely N-dealkylation sites (tertiary alicyclic amines) is 2. The summed E-state index contributed by atoms with van der Waals surface area (Å²) < 4.78 is 0. The second-order valence-corrected chi connectivity index (χ2v) is 24.3. The summed E-state index contributed by atoms with van der Waals surface area (Å²) in [4.78, 5) is 4.94. The molecule has 0 bridgehead atoms. The molecule has 6 aromatic carbocycles. The van der Waals surface area contributed by atoms with Gasteiger partial charge in [-0.15, -0.1) is 0 Å². The van der Waals surface area contributed by atoms with Crippen molar-refractivity contribution in [2.75, 3.05) is 13.1 Å². The van der Waals surface area contributed by atoms with E-state index in [0.717, 1.165) is 77.8 Å². The number of nitrogens with zero attached hydrogens (tertiary/aromatic N) is 2. The predicted octanol–water partition coefficient (Wildman–Crippen LogP) is 14.3. The molecule has 0 aromatic heterocycles. The minimum absolute atomic E-state index is 0. The van der Waals surface area contributed by atoms with Crippen LogP contribution in [0.3, 0.4) is 0 Å². The van der Waals surface area contributed by atoms with Crippen molar-refractivity contribution in [3.63, 3.8) is 0 Å². The van der Waals surface area contributed by atoms with Gasteiger partial charge in [-0.05, 0) is 111 Å². The number of rotatable bonds is 10. The van der Waals surface area contributed by atoms with Crippen LogP contribution >= 0.6 is 0 Å². The van der Waals surface area contributed by atoms with E-state index < -0.39 is 5.60 Å². The third kappa shape index (κ3) is 15.2. The number of aliphatic hydroxyl groups excluding tert-OH is 1. The molecule has 0 spiro atoms. The van der Waals surface area contributed by atoms with E-state index >= 15 is 0 Å². The molecule has 6 nitrogen and oxygen atoms in total. The van der Waals surface area contributed by atoms with Crippen LogP contribution in [0, 0.1) is 46.9 Å². The fourth-order valence-electron chi connectivity index (χ4n) is 10.3. The van der Waals surface area contributed by atoms with Gasteiger partial charge in [0.1, 0.15) is 17.1 Å². The third-order valence-electron chi connectivity index (χ3n) is 14.6. The molecule has 0 aliphatic carbocycles. The van der Waals surface area contributed by atoms with Gasteiger partial charge in [0.2, 0.25) is 0 Å². The molecule has 2 aliphatic heterocycles. The summed E-state index contributed by atoms with van der Waals surface area (Å²) in [6.07, 6.45) is 5.47. The van der Waals surface area contributed by atoms with Crippen LogP contribution in [-0.4, -0.2) is 55.4 Å². The fourth-order valence-corrected chi connectivity index (χ4v) is 10.3. The standard InChI is InChI=1S/C32H41NO2.C26H37NO.C7H8O.Yb/c1-30(2,3)26-20-23(29(34)27(21-26)31(4,5)6)22-33-19-13-18-28(33)32(35,24-14-9-7-10-15-24)25-16-11-8-12-17-25;1-25(2,3)21-16-20(24(28)23(17-21)26(4,5)6)18-27-14-10-13-22(27)15-19-11-8-7-9-12-19;8-6-7-4-2-1-3-5-7;/h7-12,14-17,20-21,28,34-35H,13,18-19,22H2,1-6H3;7-9,11-12,16-17,22,28H,10,13-15,18H2,1-6H3;1-5,8H,6H2;/t28-;22-;;/m00../s1. The van der Waals surface area contributed by atoms with E-state index in [1.165, 1.54) is 29.5 Å². The zero-order valence-electron chi connectivity index (χ0n) is 45.5. The molecule has 0 amide bonds. The summed E-state index contributed by atoms with van der Waals surface area (Å²) in [5, 5.41) is 43.5. The van der Waals surface area contributed by atoms with Gasteiger partial charge in [0, 0.05) is 83.2 Å². The van der Waals surface area contributed by atoms with Crippen LogP contribution in [0.2, 0.25) is 0 Å². The van der Waals surface area contributed by atoms with Crippen LogP contribution in [0.5, 0.6) is 11.5 Å². The first-order valence-corrected chi connectivity index (χ1v) is 26.1. The van der Waals surface area contributed by atoms with Gasteiger partial charge in [-0.1, -0.05) is 229 Å². The van der Waals surface area contributed by atoms with Gasteiger partial charge < -0.3 is 20.4 Å². The molecular weight excluding hydrogens is 1050 g/mol. The molecule has 2 atom stereocenters. The Morgan fingerprint density at radius 1 is 0.458 bits per heavy atom. The summed E-state index contributed by atoms with van der Waals surface area (Å²) in [5.41, 5.74) is 9.46. The molecule has 8 rings (SSSR count). The van der Waals surface area contributed by atoms with Gasteiger partial charge >= 0.3 is 0 Å². The normalized spacial score (nSPS) is 16.8. The summed E-state index contributed by atoms with van der Waals surface area (Å²) in [6, 6.07) is 49.6. The van der Waals surface area contributed by atoms with Gasteiger partial charge in [-0.3, -0.25) is 9.80 Å². The molecule has 4 N–H and O–H groups in total. The maximum absolute atomic E-state index is 12.4. The molecule has 0 saturated carbocycles. The van der Waals surface area contributed by atoms with Crippen LogP contribution in [0.25, 0.3) is 0 Å². The van der Waals surface area contributed by atoms with Crippen molar-refractivity contribution in [3.05, 3.63) is 201 Å². The summed E-state index contributed by atoms with van der Waals surface area (Å²) in [5.74, 6) is 0.880. The molecule has 6 aromatic rings. The molecular formula is C65H86N2O4Yb. The largest absolute Gasteiger partial charge is 0.507 e. The molecule has 72 heavy (non-hydrogen) atoms. The second-order valence-electron chi connectivity index (χ2n) is 24.3. The second kappa shape index (κ2) is 25.2. The Kier molecular flexibility index (Phi) is 20.7. The molecule has 7 heteroatoms. The zero-order valence-corrected chi connectivity index (χ0v) is 47.2. The minimum atomic E-state index is -1.14. The molecule has 0 unspecified atom stereocenters. The first kappa shape index (κ1) is 59.2. The van der Waals surface area contributed by atoms with Crippen LogP contribution in [0.4, 0.5) is 0 Å². The molecule has 2 fully saturated rings.